The highest BCUT2D eigenvalue weighted by Gasteiger charge is 2.47. The summed E-state index contributed by atoms with van der Waals surface area (Å²) in [7, 11) is 1.66. The lowest BCUT2D eigenvalue weighted by Gasteiger charge is -2.14. The van der Waals surface area contributed by atoms with E-state index in [0.717, 1.165) is 24.3 Å². The summed E-state index contributed by atoms with van der Waals surface area (Å²) in [6.07, 6.45) is 2.68. The fourth-order valence-electron chi connectivity index (χ4n) is 2.07. The van der Waals surface area contributed by atoms with E-state index in [1.54, 1.807) is 7.11 Å². The first-order valence-electron chi connectivity index (χ1n) is 6.50. The van der Waals surface area contributed by atoms with Gasteiger partial charge in [0.25, 0.3) is 0 Å². The molecule has 18 heavy (non-hydrogen) atoms. The molecule has 0 N–H and O–H groups in total. The van der Waals surface area contributed by atoms with Crippen LogP contribution < -0.4 is 9.47 Å². The van der Waals surface area contributed by atoms with E-state index in [9.17, 15) is 0 Å². The van der Waals surface area contributed by atoms with Gasteiger partial charge in [0.2, 0.25) is 0 Å². The highest BCUT2D eigenvalue weighted by atomic mass is 16.6. The normalized spacial score (nSPS) is 22.3. The van der Waals surface area contributed by atoms with Crippen molar-refractivity contribution in [2.75, 3.05) is 7.11 Å². The Morgan fingerprint density at radius 3 is 2.28 bits per heavy atom. The molecule has 0 radical (unpaired) electrons. The van der Waals surface area contributed by atoms with E-state index in [1.165, 1.54) is 0 Å². The van der Waals surface area contributed by atoms with E-state index in [4.69, 9.17) is 14.2 Å². The first kappa shape index (κ1) is 13.2. The predicted molar refractivity (Wildman–Crippen MR) is 71.3 cm³/mol. The van der Waals surface area contributed by atoms with Crippen molar-refractivity contribution in [2.24, 2.45) is 0 Å². The van der Waals surface area contributed by atoms with E-state index in [2.05, 4.69) is 20.8 Å². The SMILES string of the molecule is COc1ccc(OC(C)CCC2OC2(C)C)cc1. The number of methoxy groups -OCH3 is 1. The molecule has 1 aromatic rings. The largest absolute Gasteiger partial charge is 0.497 e. The van der Waals surface area contributed by atoms with Gasteiger partial charge in [-0.05, 0) is 57.9 Å². The average Bonchev–Trinajstić information content (AvgIpc) is 2.96. The fourth-order valence-corrected chi connectivity index (χ4v) is 2.07. The third-order valence-electron chi connectivity index (χ3n) is 3.40. The number of hydrogen-bond donors (Lipinski definition) is 0. The maximum atomic E-state index is 5.85. The Kier molecular flexibility index (Phi) is 3.81. The molecule has 1 heterocycles. The van der Waals surface area contributed by atoms with Crippen molar-refractivity contribution < 1.29 is 14.2 Å². The van der Waals surface area contributed by atoms with Crippen LogP contribution in [0, 0.1) is 0 Å². The van der Waals surface area contributed by atoms with Crippen molar-refractivity contribution in [3.63, 3.8) is 0 Å². The molecule has 1 saturated heterocycles. The lowest BCUT2D eigenvalue weighted by atomic mass is 10.0. The van der Waals surface area contributed by atoms with Crippen molar-refractivity contribution >= 4 is 0 Å². The van der Waals surface area contributed by atoms with Crippen LogP contribution in [0.2, 0.25) is 0 Å². The van der Waals surface area contributed by atoms with Gasteiger partial charge in [0, 0.05) is 0 Å². The van der Waals surface area contributed by atoms with Gasteiger partial charge in [0.15, 0.2) is 0 Å². The monoisotopic (exact) mass is 250 g/mol. The average molecular weight is 250 g/mol. The number of ether oxygens (including phenoxy) is 3. The third kappa shape index (κ3) is 3.39. The van der Waals surface area contributed by atoms with Gasteiger partial charge >= 0.3 is 0 Å². The van der Waals surface area contributed by atoms with Gasteiger partial charge in [-0.1, -0.05) is 0 Å². The van der Waals surface area contributed by atoms with Crippen molar-refractivity contribution in [3.05, 3.63) is 24.3 Å². The molecule has 0 aromatic heterocycles. The van der Waals surface area contributed by atoms with Crippen LogP contribution in [0.4, 0.5) is 0 Å². The number of rotatable bonds is 6. The summed E-state index contributed by atoms with van der Waals surface area (Å²) >= 11 is 0. The minimum atomic E-state index is 0.0832. The molecule has 2 unspecified atom stereocenters. The van der Waals surface area contributed by atoms with Crippen LogP contribution in [-0.2, 0) is 4.74 Å². The number of epoxide rings is 1. The van der Waals surface area contributed by atoms with E-state index in [0.29, 0.717) is 6.10 Å². The molecule has 0 amide bonds. The van der Waals surface area contributed by atoms with Crippen LogP contribution >= 0.6 is 0 Å². The van der Waals surface area contributed by atoms with Crippen molar-refractivity contribution in [1.29, 1.82) is 0 Å². The smallest absolute Gasteiger partial charge is 0.119 e. The Bertz CT molecular complexity index is 383. The Labute approximate surface area is 109 Å². The fraction of sp³-hybridized carbons (Fsp3) is 0.600. The molecule has 1 aliphatic rings. The van der Waals surface area contributed by atoms with E-state index >= 15 is 0 Å². The minimum absolute atomic E-state index is 0.0832. The van der Waals surface area contributed by atoms with Crippen LogP contribution in [0.5, 0.6) is 11.5 Å². The van der Waals surface area contributed by atoms with Crippen LogP contribution in [0.15, 0.2) is 24.3 Å². The summed E-state index contributed by atoms with van der Waals surface area (Å²) < 4.78 is 16.5. The zero-order valence-electron chi connectivity index (χ0n) is 11.6. The second kappa shape index (κ2) is 5.19. The quantitative estimate of drug-likeness (QED) is 0.725. The number of benzene rings is 1. The first-order valence-corrected chi connectivity index (χ1v) is 6.50. The Balaban J connectivity index is 1.74. The predicted octanol–water partition coefficient (Wildman–Crippen LogP) is 3.42. The van der Waals surface area contributed by atoms with Gasteiger partial charge in [-0.15, -0.1) is 0 Å². The molecule has 2 atom stereocenters. The van der Waals surface area contributed by atoms with Crippen molar-refractivity contribution in [2.45, 2.75) is 51.4 Å². The van der Waals surface area contributed by atoms with Gasteiger partial charge in [-0.3, -0.25) is 0 Å². The third-order valence-corrected chi connectivity index (χ3v) is 3.40. The highest BCUT2D eigenvalue weighted by Crippen LogP contribution is 2.38. The molecule has 1 aliphatic heterocycles. The van der Waals surface area contributed by atoms with E-state index < -0.39 is 0 Å². The molecule has 0 aliphatic carbocycles. The maximum Gasteiger partial charge on any atom is 0.119 e. The molecule has 3 nitrogen and oxygen atoms in total. The number of hydrogen-bond acceptors (Lipinski definition) is 3. The van der Waals surface area contributed by atoms with Crippen LogP contribution in [0.1, 0.15) is 33.6 Å². The zero-order chi connectivity index (χ0) is 13.2. The summed E-state index contributed by atoms with van der Waals surface area (Å²) in [5.41, 5.74) is 0.0832. The van der Waals surface area contributed by atoms with Crippen LogP contribution in [-0.4, -0.2) is 24.9 Å². The van der Waals surface area contributed by atoms with Gasteiger partial charge in [-0.25, -0.2) is 0 Å². The lowest BCUT2D eigenvalue weighted by Crippen LogP contribution is -2.14. The van der Waals surface area contributed by atoms with Gasteiger partial charge in [0.05, 0.1) is 24.9 Å². The topological polar surface area (TPSA) is 31.0 Å². The molecule has 0 spiro atoms. The van der Waals surface area contributed by atoms with Crippen molar-refractivity contribution in [1.82, 2.24) is 0 Å². The Morgan fingerprint density at radius 2 is 1.78 bits per heavy atom. The van der Waals surface area contributed by atoms with Gasteiger partial charge in [-0.2, -0.15) is 0 Å². The van der Waals surface area contributed by atoms with Gasteiger partial charge < -0.3 is 14.2 Å². The molecule has 3 heteroatoms. The molecule has 1 fully saturated rings. The highest BCUT2D eigenvalue weighted by molar-refractivity contribution is 5.31. The molecule has 0 bridgehead atoms. The first-order chi connectivity index (χ1) is 8.51. The molecule has 2 rings (SSSR count). The molecule has 1 aromatic carbocycles. The van der Waals surface area contributed by atoms with Crippen LogP contribution in [0.3, 0.4) is 0 Å². The molecular weight excluding hydrogens is 228 g/mol. The minimum Gasteiger partial charge on any atom is -0.497 e. The van der Waals surface area contributed by atoms with Crippen LogP contribution in [0.25, 0.3) is 0 Å². The zero-order valence-corrected chi connectivity index (χ0v) is 11.6. The molecular formula is C15H22O3. The standard InChI is InChI=1S/C15H22O3/c1-11(5-10-14-15(2,3)18-14)17-13-8-6-12(16-4)7-9-13/h6-9,11,14H,5,10H2,1-4H3. The van der Waals surface area contributed by atoms with E-state index in [-0.39, 0.29) is 11.7 Å². The second-order valence-electron chi connectivity index (χ2n) is 5.39. The maximum absolute atomic E-state index is 5.85. The summed E-state index contributed by atoms with van der Waals surface area (Å²) in [6.45, 7) is 6.36. The van der Waals surface area contributed by atoms with Crippen molar-refractivity contribution in [3.8, 4) is 11.5 Å². The molecule has 100 valence electrons. The van der Waals surface area contributed by atoms with E-state index in [1.807, 2.05) is 24.3 Å². The second-order valence-corrected chi connectivity index (χ2v) is 5.39. The lowest BCUT2D eigenvalue weighted by molar-refractivity contribution is 0.201. The summed E-state index contributed by atoms with van der Waals surface area (Å²) in [5, 5.41) is 0. The van der Waals surface area contributed by atoms with Gasteiger partial charge in [0.1, 0.15) is 11.5 Å². The molecule has 0 saturated carbocycles. The summed E-state index contributed by atoms with van der Waals surface area (Å²) in [4.78, 5) is 0. The Hall–Kier alpha value is -1.22. The summed E-state index contributed by atoms with van der Waals surface area (Å²) in [5.74, 6) is 1.74. The Morgan fingerprint density at radius 1 is 1.22 bits per heavy atom. The summed E-state index contributed by atoms with van der Waals surface area (Å²) in [6, 6.07) is 7.70.